The first-order valence-electron chi connectivity index (χ1n) is 7.76. The zero-order valence-corrected chi connectivity index (χ0v) is 14.9. The van der Waals surface area contributed by atoms with E-state index in [-0.39, 0.29) is 11.8 Å². The van der Waals surface area contributed by atoms with Crippen molar-refractivity contribution in [2.45, 2.75) is 32.7 Å². The van der Waals surface area contributed by atoms with Crippen molar-refractivity contribution in [2.75, 3.05) is 26.2 Å². The van der Waals surface area contributed by atoms with E-state index < -0.39 is 6.36 Å². The van der Waals surface area contributed by atoms with Gasteiger partial charge < -0.3 is 10.1 Å². The lowest BCUT2D eigenvalue weighted by molar-refractivity contribution is -0.275. The van der Waals surface area contributed by atoms with Gasteiger partial charge in [0.2, 0.25) is 0 Å². The third kappa shape index (κ3) is 5.65. The monoisotopic (exact) mass is 394 g/mol. The minimum Gasteiger partial charge on any atom is -0.405 e. The zero-order chi connectivity index (χ0) is 17.0. The van der Waals surface area contributed by atoms with E-state index in [9.17, 15) is 13.2 Å². The van der Waals surface area contributed by atoms with Gasteiger partial charge in [0, 0.05) is 42.3 Å². The van der Waals surface area contributed by atoms with E-state index in [0.29, 0.717) is 11.5 Å². The number of hydrogen-bond donors (Lipinski definition) is 1. The van der Waals surface area contributed by atoms with Gasteiger partial charge in [-0.3, -0.25) is 4.90 Å². The van der Waals surface area contributed by atoms with Crippen LogP contribution in [0.5, 0.6) is 5.75 Å². The highest BCUT2D eigenvalue weighted by Crippen LogP contribution is 2.38. The lowest BCUT2D eigenvalue weighted by atomic mass is 9.94. The summed E-state index contributed by atoms with van der Waals surface area (Å²) in [6, 6.07) is 4.62. The Bertz CT molecular complexity index is 517. The molecule has 1 aromatic carbocycles. The smallest absolute Gasteiger partial charge is 0.405 e. The lowest BCUT2D eigenvalue weighted by Gasteiger charge is -2.37. The summed E-state index contributed by atoms with van der Waals surface area (Å²) in [5, 5.41) is 3.28. The number of benzene rings is 1. The molecule has 2 rings (SSSR count). The summed E-state index contributed by atoms with van der Waals surface area (Å²) >= 11 is 3.37. The van der Waals surface area contributed by atoms with E-state index in [2.05, 4.69) is 44.7 Å². The Morgan fingerprint density at radius 2 is 1.91 bits per heavy atom. The maximum atomic E-state index is 12.7. The highest BCUT2D eigenvalue weighted by Gasteiger charge is 2.34. The van der Waals surface area contributed by atoms with Gasteiger partial charge in [-0.05, 0) is 30.5 Å². The molecule has 1 saturated heterocycles. The number of rotatable bonds is 5. The highest BCUT2D eigenvalue weighted by molar-refractivity contribution is 9.10. The van der Waals surface area contributed by atoms with Gasteiger partial charge in [0.1, 0.15) is 5.75 Å². The Hall–Kier alpha value is -0.790. The van der Waals surface area contributed by atoms with Gasteiger partial charge in [0.05, 0.1) is 0 Å². The molecule has 0 aliphatic carbocycles. The van der Waals surface area contributed by atoms with Crippen LogP contribution in [0.4, 0.5) is 13.2 Å². The van der Waals surface area contributed by atoms with Gasteiger partial charge in [0.15, 0.2) is 0 Å². The van der Waals surface area contributed by atoms with Crippen molar-refractivity contribution in [3.63, 3.8) is 0 Å². The Morgan fingerprint density at radius 3 is 2.48 bits per heavy atom. The van der Waals surface area contributed by atoms with E-state index in [4.69, 9.17) is 0 Å². The number of piperazine rings is 1. The maximum Gasteiger partial charge on any atom is 0.573 e. The van der Waals surface area contributed by atoms with E-state index in [1.807, 2.05) is 0 Å². The number of halogens is 4. The molecule has 1 aliphatic rings. The van der Waals surface area contributed by atoms with Crippen molar-refractivity contribution in [3.8, 4) is 5.75 Å². The molecule has 1 aliphatic heterocycles. The third-order valence-electron chi connectivity index (χ3n) is 3.84. The Kier molecular flexibility index (Phi) is 6.33. The summed E-state index contributed by atoms with van der Waals surface area (Å²) in [7, 11) is 0. The molecule has 7 heteroatoms. The highest BCUT2D eigenvalue weighted by atomic mass is 79.9. The van der Waals surface area contributed by atoms with E-state index in [0.717, 1.165) is 37.1 Å². The fraction of sp³-hybridized carbons (Fsp3) is 0.625. The third-order valence-corrected chi connectivity index (χ3v) is 4.34. The minimum atomic E-state index is -4.69. The first-order chi connectivity index (χ1) is 10.8. The van der Waals surface area contributed by atoms with Crippen LogP contribution in [-0.2, 0) is 0 Å². The van der Waals surface area contributed by atoms with Crippen LogP contribution in [-0.4, -0.2) is 37.4 Å². The molecule has 0 unspecified atom stereocenters. The number of nitrogens with zero attached hydrogens (tertiary/aromatic N) is 1. The number of ether oxygens (including phenoxy) is 1. The Labute approximate surface area is 143 Å². The molecule has 0 amide bonds. The molecule has 0 saturated carbocycles. The van der Waals surface area contributed by atoms with Crippen LogP contribution in [0.2, 0.25) is 0 Å². The normalized spacial score (nSPS) is 18.2. The van der Waals surface area contributed by atoms with Crippen molar-refractivity contribution in [2.24, 2.45) is 5.92 Å². The molecule has 1 heterocycles. The maximum absolute atomic E-state index is 12.7. The summed E-state index contributed by atoms with van der Waals surface area (Å²) in [5.41, 5.74) is 0.590. The molecule has 1 N–H and O–H groups in total. The van der Waals surface area contributed by atoms with Crippen LogP contribution in [0.3, 0.4) is 0 Å². The van der Waals surface area contributed by atoms with Gasteiger partial charge >= 0.3 is 6.36 Å². The SMILES string of the molecule is CC(C)C[C@@H](c1cc(Br)ccc1OC(F)(F)F)N1CCNCC1. The fourth-order valence-corrected chi connectivity index (χ4v) is 3.29. The van der Waals surface area contributed by atoms with Crippen molar-refractivity contribution in [1.29, 1.82) is 0 Å². The molecular weight excluding hydrogens is 373 g/mol. The van der Waals surface area contributed by atoms with E-state index >= 15 is 0 Å². The molecule has 1 fully saturated rings. The molecule has 130 valence electrons. The molecule has 1 atom stereocenters. The Balaban J connectivity index is 2.37. The van der Waals surface area contributed by atoms with Crippen LogP contribution in [0.1, 0.15) is 31.9 Å². The van der Waals surface area contributed by atoms with Crippen LogP contribution in [0, 0.1) is 5.92 Å². The largest absolute Gasteiger partial charge is 0.573 e. The van der Waals surface area contributed by atoms with Crippen LogP contribution >= 0.6 is 15.9 Å². The van der Waals surface area contributed by atoms with Crippen LogP contribution < -0.4 is 10.1 Å². The van der Waals surface area contributed by atoms with Crippen LogP contribution in [0.15, 0.2) is 22.7 Å². The first-order valence-corrected chi connectivity index (χ1v) is 8.55. The molecule has 0 spiro atoms. The summed E-state index contributed by atoms with van der Waals surface area (Å²) in [6.45, 7) is 7.48. The molecule has 0 aromatic heterocycles. The quantitative estimate of drug-likeness (QED) is 0.803. The lowest BCUT2D eigenvalue weighted by Crippen LogP contribution is -2.45. The van der Waals surface area contributed by atoms with Gasteiger partial charge in [0.25, 0.3) is 0 Å². The van der Waals surface area contributed by atoms with E-state index in [1.54, 1.807) is 12.1 Å². The molecule has 0 bridgehead atoms. The summed E-state index contributed by atoms with van der Waals surface area (Å²) in [4.78, 5) is 2.24. The van der Waals surface area contributed by atoms with E-state index in [1.165, 1.54) is 6.07 Å². The van der Waals surface area contributed by atoms with Crippen molar-refractivity contribution in [3.05, 3.63) is 28.2 Å². The number of hydrogen-bond acceptors (Lipinski definition) is 3. The van der Waals surface area contributed by atoms with Crippen molar-refractivity contribution in [1.82, 2.24) is 10.2 Å². The first kappa shape index (κ1) is 18.5. The molecule has 3 nitrogen and oxygen atoms in total. The van der Waals surface area contributed by atoms with Crippen LogP contribution in [0.25, 0.3) is 0 Å². The summed E-state index contributed by atoms with van der Waals surface area (Å²) in [5.74, 6) is 0.262. The molecule has 0 radical (unpaired) electrons. The second kappa shape index (κ2) is 7.85. The zero-order valence-electron chi connectivity index (χ0n) is 13.3. The second-order valence-corrected chi connectivity index (χ2v) is 7.08. The predicted molar refractivity (Wildman–Crippen MR) is 87.5 cm³/mol. The molecule has 1 aromatic rings. The average molecular weight is 395 g/mol. The van der Waals surface area contributed by atoms with Crippen molar-refractivity contribution >= 4 is 15.9 Å². The second-order valence-electron chi connectivity index (χ2n) is 6.16. The van der Waals surface area contributed by atoms with Gasteiger partial charge in [-0.15, -0.1) is 13.2 Å². The predicted octanol–water partition coefficient (Wildman–Crippen LogP) is 4.34. The average Bonchev–Trinajstić information content (AvgIpc) is 2.46. The number of alkyl halides is 3. The Morgan fingerprint density at radius 1 is 1.26 bits per heavy atom. The number of nitrogens with one attached hydrogen (secondary N) is 1. The van der Waals surface area contributed by atoms with Gasteiger partial charge in [-0.25, -0.2) is 0 Å². The fourth-order valence-electron chi connectivity index (χ4n) is 2.91. The topological polar surface area (TPSA) is 24.5 Å². The van der Waals surface area contributed by atoms with Crippen molar-refractivity contribution < 1.29 is 17.9 Å². The standard InChI is InChI=1S/C16H22BrF3N2O/c1-11(2)9-14(22-7-5-21-6-8-22)13-10-12(17)3-4-15(13)23-16(18,19)20/h3-4,10-11,14,21H,5-9H2,1-2H3/t14-/m0/s1. The molecular formula is C16H22BrF3N2O. The minimum absolute atomic E-state index is 0.0908. The van der Waals surface area contributed by atoms with Gasteiger partial charge in [-0.1, -0.05) is 29.8 Å². The summed E-state index contributed by atoms with van der Waals surface area (Å²) in [6.07, 6.45) is -3.90. The summed E-state index contributed by atoms with van der Waals surface area (Å²) < 4.78 is 43.2. The molecule has 23 heavy (non-hydrogen) atoms. The van der Waals surface area contributed by atoms with Gasteiger partial charge in [-0.2, -0.15) is 0 Å².